The third kappa shape index (κ3) is 1.83. The van der Waals surface area contributed by atoms with E-state index < -0.39 is 29.3 Å². The molecule has 0 aliphatic carbocycles. The van der Waals surface area contributed by atoms with Crippen LogP contribution in [0, 0.1) is 11.6 Å². The summed E-state index contributed by atoms with van der Waals surface area (Å²) in [7, 11) is 0. The summed E-state index contributed by atoms with van der Waals surface area (Å²) < 4.78 is 36.2. The number of ether oxygens (including phenoxy) is 2. The SMILES string of the molecule is Nc1ccc(F)c(C(=O)OC2COC2)c1F. The highest BCUT2D eigenvalue weighted by molar-refractivity contribution is 5.91. The molecule has 16 heavy (non-hydrogen) atoms. The molecule has 0 atom stereocenters. The Balaban J connectivity index is 2.24. The number of hydrogen-bond acceptors (Lipinski definition) is 4. The number of halogens is 2. The second-order valence-electron chi connectivity index (χ2n) is 3.39. The van der Waals surface area contributed by atoms with E-state index in [0.29, 0.717) is 0 Å². The van der Waals surface area contributed by atoms with E-state index in [1.165, 1.54) is 0 Å². The Hall–Kier alpha value is -1.69. The first-order valence-corrected chi connectivity index (χ1v) is 4.62. The molecule has 0 aromatic heterocycles. The molecule has 86 valence electrons. The summed E-state index contributed by atoms with van der Waals surface area (Å²) in [6, 6.07) is 1.97. The number of carbonyl (C=O) groups excluding carboxylic acids is 1. The summed E-state index contributed by atoms with van der Waals surface area (Å²) in [5.74, 6) is -3.14. The van der Waals surface area contributed by atoms with Crippen LogP contribution in [0.1, 0.15) is 10.4 Å². The molecule has 4 nitrogen and oxygen atoms in total. The molecular formula is C10H9F2NO3. The second-order valence-corrected chi connectivity index (χ2v) is 3.39. The first-order chi connectivity index (χ1) is 7.59. The number of esters is 1. The van der Waals surface area contributed by atoms with Crippen LogP contribution < -0.4 is 5.73 Å². The van der Waals surface area contributed by atoms with E-state index in [-0.39, 0.29) is 18.9 Å². The molecule has 0 spiro atoms. The van der Waals surface area contributed by atoms with E-state index in [2.05, 4.69) is 0 Å². The molecule has 1 fully saturated rings. The molecule has 0 bridgehead atoms. The number of benzene rings is 1. The van der Waals surface area contributed by atoms with Gasteiger partial charge in [0.15, 0.2) is 5.82 Å². The Bertz CT molecular complexity index is 432. The van der Waals surface area contributed by atoms with Gasteiger partial charge in [-0.3, -0.25) is 0 Å². The summed E-state index contributed by atoms with van der Waals surface area (Å²) in [6.07, 6.45) is -0.437. The van der Waals surface area contributed by atoms with Crippen LogP contribution in [0.2, 0.25) is 0 Å². The molecule has 1 aromatic rings. The lowest BCUT2D eigenvalue weighted by atomic mass is 10.1. The van der Waals surface area contributed by atoms with Crippen LogP contribution in [0.25, 0.3) is 0 Å². The Kier molecular flexibility index (Phi) is 2.74. The van der Waals surface area contributed by atoms with Crippen LogP contribution in [0.3, 0.4) is 0 Å². The van der Waals surface area contributed by atoms with Crippen molar-refractivity contribution in [3.8, 4) is 0 Å². The first-order valence-electron chi connectivity index (χ1n) is 4.62. The topological polar surface area (TPSA) is 61.6 Å². The van der Waals surface area contributed by atoms with E-state index in [9.17, 15) is 13.6 Å². The van der Waals surface area contributed by atoms with Crippen LogP contribution in [-0.2, 0) is 9.47 Å². The van der Waals surface area contributed by atoms with Crippen molar-refractivity contribution in [2.24, 2.45) is 0 Å². The summed E-state index contributed by atoms with van der Waals surface area (Å²) >= 11 is 0. The van der Waals surface area contributed by atoms with Crippen LogP contribution >= 0.6 is 0 Å². The van der Waals surface area contributed by atoms with Crippen LogP contribution in [0.15, 0.2) is 12.1 Å². The van der Waals surface area contributed by atoms with Gasteiger partial charge in [-0.1, -0.05) is 0 Å². The third-order valence-electron chi connectivity index (χ3n) is 2.21. The van der Waals surface area contributed by atoms with Gasteiger partial charge in [0, 0.05) is 0 Å². The molecule has 1 aromatic carbocycles. The molecule has 6 heteroatoms. The summed E-state index contributed by atoms with van der Waals surface area (Å²) in [5, 5.41) is 0. The number of nitrogens with two attached hydrogens (primary N) is 1. The number of hydrogen-bond donors (Lipinski definition) is 1. The molecule has 1 aliphatic rings. The van der Waals surface area contributed by atoms with Gasteiger partial charge in [0.1, 0.15) is 17.5 Å². The maximum absolute atomic E-state index is 13.4. The Labute approximate surface area is 89.9 Å². The maximum atomic E-state index is 13.4. The van der Waals surface area contributed by atoms with Gasteiger partial charge in [0.05, 0.1) is 18.9 Å². The van der Waals surface area contributed by atoms with Gasteiger partial charge in [-0.25, -0.2) is 13.6 Å². The largest absolute Gasteiger partial charge is 0.454 e. The fourth-order valence-electron chi connectivity index (χ4n) is 1.25. The lowest BCUT2D eigenvalue weighted by Crippen LogP contribution is -2.38. The molecule has 1 saturated heterocycles. The van der Waals surface area contributed by atoms with Crippen molar-refractivity contribution in [1.29, 1.82) is 0 Å². The molecule has 0 saturated carbocycles. The van der Waals surface area contributed by atoms with E-state index in [1.807, 2.05) is 0 Å². The zero-order valence-electron chi connectivity index (χ0n) is 8.20. The summed E-state index contributed by atoms with van der Waals surface area (Å²) in [4.78, 5) is 11.4. The molecular weight excluding hydrogens is 220 g/mol. The average molecular weight is 229 g/mol. The minimum Gasteiger partial charge on any atom is -0.454 e. The van der Waals surface area contributed by atoms with Crippen LogP contribution in [-0.4, -0.2) is 25.3 Å². The smallest absolute Gasteiger partial charge is 0.344 e. The third-order valence-corrected chi connectivity index (χ3v) is 2.21. The van der Waals surface area contributed by atoms with E-state index >= 15 is 0 Å². The first kappa shape index (κ1) is 10.8. The molecule has 2 N–H and O–H groups in total. The Morgan fingerprint density at radius 2 is 2.12 bits per heavy atom. The van der Waals surface area contributed by atoms with Gasteiger partial charge in [-0.2, -0.15) is 0 Å². The minimum absolute atomic E-state index is 0.247. The highest BCUT2D eigenvalue weighted by Gasteiger charge is 2.27. The number of carbonyl (C=O) groups is 1. The van der Waals surface area contributed by atoms with Gasteiger partial charge < -0.3 is 15.2 Å². The fourth-order valence-corrected chi connectivity index (χ4v) is 1.25. The lowest BCUT2D eigenvalue weighted by Gasteiger charge is -2.25. The summed E-state index contributed by atoms with van der Waals surface area (Å²) in [5.41, 5.74) is 4.18. The predicted octanol–water partition coefficient (Wildman–Crippen LogP) is 1.10. The van der Waals surface area contributed by atoms with Gasteiger partial charge >= 0.3 is 5.97 Å². The van der Waals surface area contributed by atoms with Crippen molar-refractivity contribution < 1.29 is 23.0 Å². The number of rotatable bonds is 2. The van der Waals surface area contributed by atoms with E-state index in [1.54, 1.807) is 0 Å². The number of nitrogen functional groups attached to an aromatic ring is 1. The lowest BCUT2D eigenvalue weighted by molar-refractivity contribution is -0.103. The van der Waals surface area contributed by atoms with Crippen molar-refractivity contribution in [2.75, 3.05) is 18.9 Å². The predicted molar refractivity (Wildman–Crippen MR) is 50.8 cm³/mol. The van der Waals surface area contributed by atoms with E-state index in [0.717, 1.165) is 12.1 Å². The van der Waals surface area contributed by atoms with Crippen molar-refractivity contribution in [3.63, 3.8) is 0 Å². The average Bonchev–Trinajstić information content (AvgIpc) is 2.18. The summed E-state index contributed by atoms with van der Waals surface area (Å²) in [6.45, 7) is 0.495. The van der Waals surface area contributed by atoms with Crippen molar-refractivity contribution in [2.45, 2.75) is 6.10 Å². The fraction of sp³-hybridized carbons (Fsp3) is 0.300. The van der Waals surface area contributed by atoms with Gasteiger partial charge in [0.2, 0.25) is 0 Å². The van der Waals surface area contributed by atoms with E-state index in [4.69, 9.17) is 15.2 Å². The molecule has 1 heterocycles. The highest BCUT2D eigenvalue weighted by atomic mass is 19.1. The minimum atomic E-state index is -1.09. The Morgan fingerprint density at radius 3 is 2.69 bits per heavy atom. The van der Waals surface area contributed by atoms with Gasteiger partial charge in [-0.05, 0) is 12.1 Å². The van der Waals surface area contributed by atoms with Gasteiger partial charge in [-0.15, -0.1) is 0 Å². The van der Waals surface area contributed by atoms with Crippen molar-refractivity contribution >= 4 is 11.7 Å². The molecule has 1 aliphatic heterocycles. The zero-order chi connectivity index (χ0) is 11.7. The van der Waals surface area contributed by atoms with Crippen molar-refractivity contribution in [1.82, 2.24) is 0 Å². The quantitative estimate of drug-likeness (QED) is 0.609. The normalized spacial score (nSPS) is 15.6. The highest BCUT2D eigenvalue weighted by Crippen LogP contribution is 2.20. The molecule has 0 unspecified atom stereocenters. The molecule has 2 rings (SSSR count). The molecule has 0 amide bonds. The number of anilines is 1. The molecule has 0 radical (unpaired) electrons. The van der Waals surface area contributed by atoms with Crippen LogP contribution in [0.4, 0.5) is 14.5 Å². The van der Waals surface area contributed by atoms with Gasteiger partial charge in [0.25, 0.3) is 0 Å². The zero-order valence-corrected chi connectivity index (χ0v) is 8.20. The second kappa shape index (κ2) is 4.05. The van der Waals surface area contributed by atoms with Crippen LogP contribution in [0.5, 0.6) is 0 Å². The van der Waals surface area contributed by atoms with Crippen molar-refractivity contribution in [3.05, 3.63) is 29.3 Å². The Morgan fingerprint density at radius 1 is 1.44 bits per heavy atom. The standard InChI is InChI=1S/C10H9F2NO3/c11-6-1-2-7(13)9(12)8(6)10(14)16-5-3-15-4-5/h1-2,5H,3-4,13H2. The maximum Gasteiger partial charge on any atom is 0.344 e. The monoisotopic (exact) mass is 229 g/mol.